The molecule has 0 bridgehead atoms. The number of anilines is 1. The minimum absolute atomic E-state index is 0.138. The van der Waals surface area contributed by atoms with E-state index >= 15 is 0 Å². The van der Waals surface area contributed by atoms with Crippen molar-refractivity contribution in [1.82, 2.24) is 4.57 Å². The van der Waals surface area contributed by atoms with Gasteiger partial charge >= 0.3 is 0 Å². The number of hydrogen-bond donors (Lipinski definition) is 1. The molecule has 0 aliphatic rings. The highest BCUT2D eigenvalue weighted by atomic mass is 79.9. The van der Waals surface area contributed by atoms with Crippen molar-refractivity contribution in [1.29, 1.82) is 0 Å². The fraction of sp³-hybridized carbons (Fsp3) is 0.0625. The van der Waals surface area contributed by atoms with Crippen LogP contribution in [-0.2, 0) is 11.3 Å². The van der Waals surface area contributed by atoms with Crippen molar-refractivity contribution in [2.75, 3.05) is 5.32 Å². The number of aromatic nitrogens is 1. The summed E-state index contributed by atoms with van der Waals surface area (Å²) in [6.45, 7) is 0.138. The molecule has 3 rings (SSSR count). The maximum atomic E-state index is 13.5. The van der Waals surface area contributed by atoms with E-state index < -0.39 is 5.82 Å². The van der Waals surface area contributed by atoms with Crippen LogP contribution in [0.1, 0.15) is 0 Å². The van der Waals surface area contributed by atoms with E-state index in [9.17, 15) is 9.18 Å². The number of fused-ring (bicyclic) bond motifs is 1. The van der Waals surface area contributed by atoms with Crippen LogP contribution >= 0.6 is 15.9 Å². The molecule has 2 aromatic carbocycles. The molecule has 0 atom stereocenters. The Hall–Kier alpha value is -2.14. The van der Waals surface area contributed by atoms with Gasteiger partial charge in [0.2, 0.25) is 5.91 Å². The highest BCUT2D eigenvalue weighted by Gasteiger charge is 2.09. The van der Waals surface area contributed by atoms with Gasteiger partial charge in [0, 0.05) is 21.6 Å². The standard InChI is InChI=1S/C16H12BrFN2O/c17-12-5-6-15-11(9-12)7-8-20(15)10-16(21)19-14-4-2-1-3-13(14)18/h1-9H,10H2,(H,19,21). The number of carbonyl (C=O) groups excluding carboxylic acids is 1. The number of hydrogen-bond acceptors (Lipinski definition) is 1. The molecular weight excluding hydrogens is 335 g/mol. The fourth-order valence-electron chi connectivity index (χ4n) is 2.22. The minimum atomic E-state index is -0.438. The predicted molar refractivity (Wildman–Crippen MR) is 84.7 cm³/mol. The lowest BCUT2D eigenvalue weighted by molar-refractivity contribution is -0.116. The summed E-state index contributed by atoms with van der Waals surface area (Å²) < 4.78 is 16.3. The monoisotopic (exact) mass is 346 g/mol. The lowest BCUT2D eigenvalue weighted by Crippen LogP contribution is -2.18. The Balaban J connectivity index is 1.79. The van der Waals surface area contributed by atoms with Crippen LogP contribution in [0.15, 0.2) is 59.2 Å². The van der Waals surface area contributed by atoms with Gasteiger partial charge < -0.3 is 9.88 Å². The zero-order chi connectivity index (χ0) is 14.8. The van der Waals surface area contributed by atoms with E-state index in [2.05, 4.69) is 21.2 Å². The van der Waals surface area contributed by atoms with Crippen molar-refractivity contribution in [3.05, 3.63) is 65.0 Å². The second-order valence-electron chi connectivity index (χ2n) is 4.67. The summed E-state index contributed by atoms with van der Waals surface area (Å²) in [5.74, 6) is -0.701. The lowest BCUT2D eigenvalue weighted by atomic mass is 10.2. The highest BCUT2D eigenvalue weighted by molar-refractivity contribution is 9.10. The number of nitrogens with one attached hydrogen (secondary N) is 1. The zero-order valence-electron chi connectivity index (χ0n) is 11.0. The van der Waals surface area contributed by atoms with Crippen LogP contribution in [-0.4, -0.2) is 10.5 Å². The third kappa shape index (κ3) is 2.97. The smallest absolute Gasteiger partial charge is 0.244 e. The van der Waals surface area contributed by atoms with Crippen LogP contribution in [0.5, 0.6) is 0 Å². The Morgan fingerprint density at radius 2 is 2.00 bits per heavy atom. The maximum Gasteiger partial charge on any atom is 0.244 e. The normalized spacial score (nSPS) is 10.8. The Morgan fingerprint density at radius 3 is 2.81 bits per heavy atom. The molecule has 1 amide bonds. The molecule has 0 spiro atoms. The van der Waals surface area contributed by atoms with Crippen molar-refractivity contribution in [2.24, 2.45) is 0 Å². The van der Waals surface area contributed by atoms with E-state index in [0.717, 1.165) is 15.4 Å². The molecule has 0 radical (unpaired) electrons. The molecule has 0 unspecified atom stereocenters. The summed E-state index contributed by atoms with van der Waals surface area (Å²) in [6.07, 6.45) is 1.85. The first-order valence-electron chi connectivity index (χ1n) is 6.42. The van der Waals surface area contributed by atoms with Gasteiger partial charge in [0.15, 0.2) is 0 Å². The number of rotatable bonds is 3. The molecule has 0 saturated carbocycles. The SMILES string of the molecule is O=C(Cn1ccc2cc(Br)ccc21)Nc1ccccc1F. The van der Waals surface area contributed by atoms with Crippen LogP contribution in [0.4, 0.5) is 10.1 Å². The van der Waals surface area contributed by atoms with Gasteiger partial charge in [-0.1, -0.05) is 28.1 Å². The lowest BCUT2D eigenvalue weighted by Gasteiger charge is -2.08. The van der Waals surface area contributed by atoms with Crippen LogP contribution in [0.2, 0.25) is 0 Å². The number of nitrogens with zero attached hydrogens (tertiary/aromatic N) is 1. The Morgan fingerprint density at radius 1 is 1.19 bits per heavy atom. The highest BCUT2D eigenvalue weighted by Crippen LogP contribution is 2.21. The second-order valence-corrected chi connectivity index (χ2v) is 5.59. The largest absolute Gasteiger partial charge is 0.338 e. The number of amides is 1. The van der Waals surface area contributed by atoms with E-state index in [1.165, 1.54) is 12.1 Å². The van der Waals surface area contributed by atoms with Gasteiger partial charge in [0.05, 0.1) is 5.69 Å². The summed E-state index contributed by atoms with van der Waals surface area (Å²) in [6, 6.07) is 13.9. The molecule has 3 nitrogen and oxygen atoms in total. The fourth-order valence-corrected chi connectivity index (χ4v) is 2.59. The van der Waals surface area contributed by atoms with Gasteiger partial charge in [-0.2, -0.15) is 0 Å². The van der Waals surface area contributed by atoms with Gasteiger partial charge in [0.25, 0.3) is 0 Å². The molecule has 1 N–H and O–H groups in total. The van der Waals surface area contributed by atoms with Gasteiger partial charge in [-0.25, -0.2) is 4.39 Å². The van der Waals surface area contributed by atoms with E-state index in [0.29, 0.717) is 0 Å². The molecule has 0 fully saturated rings. The number of halogens is 2. The number of para-hydroxylation sites is 1. The van der Waals surface area contributed by atoms with Crippen molar-refractivity contribution < 1.29 is 9.18 Å². The first kappa shape index (κ1) is 13.8. The molecule has 0 aliphatic heterocycles. The quantitative estimate of drug-likeness (QED) is 0.758. The molecule has 0 aliphatic carbocycles. The molecule has 106 valence electrons. The van der Waals surface area contributed by atoms with Crippen molar-refractivity contribution in [2.45, 2.75) is 6.54 Å². The van der Waals surface area contributed by atoms with Crippen molar-refractivity contribution in [3.8, 4) is 0 Å². The van der Waals surface area contributed by atoms with Crippen LogP contribution in [0.3, 0.4) is 0 Å². The molecule has 1 aromatic heterocycles. The van der Waals surface area contributed by atoms with E-state index in [4.69, 9.17) is 0 Å². The third-order valence-corrected chi connectivity index (χ3v) is 3.69. The summed E-state index contributed by atoms with van der Waals surface area (Å²) in [4.78, 5) is 12.0. The van der Waals surface area contributed by atoms with Crippen molar-refractivity contribution >= 4 is 38.4 Å². The van der Waals surface area contributed by atoms with Crippen LogP contribution in [0.25, 0.3) is 10.9 Å². The molecule has 5 heteroatoms. The number of carbonyl (C=O) groups is 1. The van der Waals surface area contributed by atoms with E-state index in [1.54, 1.807) is 12.1 Å². The first-order chi connectivity index (χ1) is 10.1. The molecular formula is C16H12BrFN2O. The van der Waals surface area contributed by atoms with Crippen molar-refractivity contribution in [3.63, 3.8) is 0 Å². The molecule has 1 heterocycles. The minimum Gasteiger partial charge on any atom is -0.338 e. The summed E-state index contributed by atoms with van der Waals surface area (Å²) >= 11 is 3.41. The Kier molecular flexibility index (Phi) is 3.75. The average molecular weight is 347 g/mol. The van der Waals surface area contributed by atoms with E-state index in [1.807, 2.05) is 35.0 Å². The first-order valence-corrected chi connectivity index (χ1v) is 7.21. The summed E-state index contributed by atoms with van der Waals surface area (Å²) in [7, 11) is 0. The Bertz CT molecular complexity index is 813. The maximum absolute atomic E-state index is 13.5. The third-order valence-electron chi connectivity index (χ3n) is 3.19. The zero-order valence-corrected chi connectivity index (χ0v) is 12.6. The van der Waals surface area contributed by atoms with Gasteiger partial charge in [-0.15, -0.1) is 0 Å². The van der Waals surface area contributed by atoms with E-state index in [-0.39, 0.29) is 18.1 Å². The number of benzene rings is 2. The Labute approximate surface area is 129 Å². The van der Waals surface area contributed by atoms with Gasteiger partial charge in [-0.05, 0) is 36.4 Å². The predicted octanol–water partition coefficient (Wildman–Crippen LogP) is 4.18. The van der Waals surface area contributed by atoms with Crippen LogP contribution < -0.4 is 5.32 Å². The van der Waals surface area contributed by atoms with Crippen LogP contribution in [0, 0.1) is 5.82 Å². The summed E-state index contributed by atoms with van der Waals surface area (Å²) in [5, 5.41) is 3.63. The van der Waals surface area contributed by atoms with Gasteiger partial charge in [0.1, 0.15) is 12.4 Å². The van der Waals surface area contributed by atoms with Gasteiger partial charge in [-0.3, -0.25) is 4.79 Å². The second kappa shape index (κ2) is 5.69. The molecule has 21 heavy (non-hydrogen) atoms. The topological polar surface area (TPSA) is 34.0 Å². The molecule has 3 aromatic rings. The summed E-state index contributed by atoms with van der Waals surface area (Å²) in [5.41, 5.74) is 1.16. The average Bonchev–Trinajstić information content (AvgIpc) is 2.83. The molecule has 0 saturated heterocycles.